The van der Waals surface area contributed by atoms with Crippen LogP contribution in [0, 0.1) is 5.41 Å². The van der Waals surface area contributed by atoms with Gasteiger partial charge < -0.3 is 15.4 Å². The number of hydrogen-bond donors (Lipinski definition) is 2. The highest BCUT2D eigenvalue weighted by Gasteiger charge is 2.47. The molecule has 0 spiro atoms. The maximum Gasteiger partial charge on any atom is 0.252 e. The molecule has 2 amide bonds. The second-order valence-corrected chi connectivity index (χ2v) is 8.65. The number of Topliss-reactive ketones (excluding diaryl/α,β-unsaturated/α-hetero) is 1. The van der Waals surface area contributed by atoms with Crippen molar-refractivity contribution in [2.75, 3.05) is 6.61 Å². The van der Waals surface area contributed by atoms with Crippen LogP contribution in [0.3, 0.4) is 0 Å². The lowest BCUT2D eigenvalue weighted by Crippen LogP contribution is -2.60. The molecule has 2 rings (SSSR count). The summed E-state index contributed by atoms with van der Waals surface area (Å²) in [6.07, 6.45) is 0.0422. The zero-order valence-corrected chi connectivity index (χ0v) is 17.7. The first-order valence-corrected chi connectivity index (χ1v) is 9.27. The van der Waals surface area contributed by atoms with Crippen LogP contribution in [-0.4, -0.2) is 41.9 Å². The molecule has 1 aliphatic heterocycles. The second-order valence-electron chi connectivity index (χ2n) is 7.87. The molecule has 0 unspecified atom stereocenters. The van der Waals surface area contributed by atoms with Crippen LogP contribution in [0.4, 0.5) is 0 Å². The fraction of sp³-hybridized carbons (Fsp3) is 0.611. The molecule has 146 valence electrons. The molecular formula is C18H28N2O4S2. The summed E-state index contributed by atoms with van der Waals surface area (Å²) in [6, 6.07) is 0.980. The molecule has 0 bridgehead atoms. The molecule has 2 heterocycles. The molecule has 2 N–H and O–H groups in total. The van der Waals surface area contributed by atoms with E-state index in [1.807, 2.05) is 26.2 Å². The predicted molar refractivity (Wildman–Crippen MR) is 107 cm³/mol. The first kappa shape index (κ1) is 22.7. The van der Waals surface area contributed by atoms with E-state index in [9.17, 15) is 14.4 Å². The molecule has 1 saturated heterocycles. The molecular weight excluding hydrogens is 372 g/mol. The Bertz CT molecular complexity index is 655. The summed E-state index contributed by atoms with van der Waals surface area (Å²) in [7, 11) is 0. The van der Waals surface area contributed by atoms with Crippen LogP contribution < -0.4 is 10.6 Å². The normalized spacial score (nSPS) is 23.9. The van der Waals surface area contributed by atoms with Gasteiger partial charge in [0.15, 0.2) is 5.78 Å². The van der Waals surface area contributed by atoms with Crippen molar-refractivity contribution in [3.8, 4) is 0 Å². The van der Waals surface area contributed by atoms with Crippen LogP contribution in [0.2, 0.25) is 0 Å². The zero-order chi connectivity index (χ0) is 18.8. The number of thiophene rings is 1. The van der Waals surface area contributed by atoms with Gasteiger partial charge in [-0.3, -0.25) is 14.4 Å². The van der Waals surface area contributed by atoms with Gasteiger partial charge in [0.1, 0.15) is 18.2 Å². The Kier molecular flexibility index (Phi) is 7.44. The van der Waals surface area contributed by atoms with Crippen molar-refractivity contribution >= 4 is 42.4 Å². The van der Waals surface area contributed by atoms with Gasteiger partial charge in [-0.15, -0.1) is 0 Å². The molecule has 6 nitrogen and oxygen atoms in total. The van der Waals surface area contributed by atoms with Gasteiger partial charge in [-0.2, -0.15) is 24.8 Å². The highest BCUT2D eigenvalue weighted by Crippen LogP contribution is 2.25. The fourth-order valence-corrected chi connectivity index (χ4v) is 3.35. The number of amides is 2. The Morgan fingerprint density at radius 2 is 2.08 bits per heavy atom. The van der Waals surface area contributed by atoms with Crippen LogP contribution in [0.25, 0.3) is 0 Å². The lowest BCUT2D eigenvalue weighted by atomic mass is 9.86. The Hall–Kier alpha value is -1.38. The average molecular weight is 401 g/mol. The van der Waals surface area contributed by atoms with Gasteiger partial charge in [-0.05, 0) is 37.1 Å². The first-order chi connectivity index (χ1) is 11.5. The molecule has 3 atom stereocenters. The van der Waals surface area contributed by atoms with Crippen molar-refractivity contribution in [2.24, 2.45) is 5.41 Å². The van der Waals surface area contributed by atoms with Gasteiger partial charge in [0, 0.05) is 5.38 Å². The highest BCUT2D eigenvalue weighted by molar-refractivity contribution is 7.59. The predicted octanol–water partition coefficient (Wildman–Crippen LogP) is 2.26. The van der Waals surface area contributed by atoms with Crippen molar-refractivity contribution in [3.05, 3.63) is 22.4 Å². The lowest BCUT2D eigenvalue weighted by molar-refractivity contribution is -0.131. The van der Waals surface area contributed by atoms with E-state index in [2.05, 4.69) is 10.6 Å². The summed E-state index contributed by atoms with van der Waals surface area (Å²) >= 11 is 1.42. The van der Waals surface area contributed by atoms with E-state index in [0.29, 0.717) is 12.0 Å². The minimum absolute atomic E-state index is 0. The van der Waals surface area contributed by atoms with E-state index in [1.54, 1.807) is 25.3 Å². The smallest absolute Gasteiger partial charge is 0.252 e. The Labute approximate surface area is 165 Å². The van der Waals surface area contributed by atoms with Gasteiger partial charge in [-0.1, -0.05) is 20.8 Å². The molecule has 1 aromatic heterocycles. The number of ketones is 1. The van der Waals surface area contributed by atoms with Crippen molar-refractivity contribution in [1.29, 1.82) is 0 Å². The van der Waals surface area contributed by atoms with Gasteiger partial charge in [0.25, 0.3) is 5.91 Å². The second kappa shape index (κ2) is 8.54. The fourth-order valence-electron chi connectivity index (χ4n) is 2.72. The first-order valence-electron chi connectivity index (χ1n) is 8.33. The molecule has 1 aliphatic rings. The number of ether oxygens (including phenoxy) is 1. The van der Waals surface area contributed by atoms with Crippen molar-refractivity contribution in [2.45, 2.75) is 58.7 Å². The Morgan fingerprint density at radius 1 is 1.42 bits per heavy atom. The summed E-state index contributed by atoms with van der Waals surface area (Å²) in [5.74, 6) is -0.823. The van der Waals surface area contributed by atoms with E-state index in [4.69, 9.17) is 4.74 Å². The summed E-state index contributed by atoms with van der Waals surface area (Å²) in [6.45, 7) is 9.41. The molecule has 0 aromatic carbocycles. The van der Waals surface area contributed by atoms with E-state index in [0.717, 1.165) is 0 Å². The van der Waals surface area contributed by atoms with Crippen LogP contribution in [0.15, 0.2) is 16.8 Å². The number of carbonyl (C=O) groups is 3. The van der Waals surface area contributed by atoms with Gasteiger partial charge >= 0.3 is 0 Å². The zero-order valence-electron chi connectivity index (χ0n) is 15.8. The number of carbonyl (C=O) groups excluding carboxylic acids is 3. The van der Waals surface area contributed by atoms with Gasteiger partial charge in [0.05, 0.1) is 11.7 Å². The minimum Gasteiger partial charge on any atom is -0.368 e. The topological polar surface area (TPSA) is 84.5 Å². The number of nitrogens with one attached hydrogen (secondary N) is 2. The monoisotopic (exact) mass is 400 g/mol. The molecule has 26 heavy (non-hydrogen) atoms. The lowest BCUT2D eigenvalue weighted by Gasteiger charge is -2.32. The summed E-state index contributed by atoms with van der Waals surface area (Å²) in [5, 5.41) is 9.15. The Morgan fingerprint density at radius 3 is 2.54 bits per heavy atom. The summed E-state index contributed by atoms with van der Waals surface area (Å²) in [4.78, 5) is 37.4. The SMILES string of the molecule is C[C@H]1OCC(=O)[C@]1(C)NC(=O)[C@H](CC(C)(C)C)NC(=O)c1ccsc1.S. The van der Waals surface area contributed by atoms with E-state index >= 15 is 0 Å². The van der Waals surface area contributed by atoms with E-state index in [-0.39, 0.29) is 43.1 Å². The van der Waals surface area contributed by atoms with E-state index in [1.165, 1.54) is 11.3 Å². The van der Waals surface area contributed by atoms with Crippen molar-refractivity contribution in [3.63, 3.8) is 0 Å². The average Bonchev–Trinajstić information content (AvgIpc) is 3.11. The van der Waals surface area contributed by atoms with Gasteiger partial charge in [0.2, 0.25) is 5.91 Å². The Balaban J connectivity index is 0.00000338. The third-order valence-electron chi connectivity index (χ3n) is 4.46. The van der Waals surface area contributed by atoms with Crippen LogP contribution in [0.5, 0.6) is 0 Å². The van der Waals surface area contributed by atoms with Crippen LogP contribution in [-0.2, 0) is 14.3 Å². The summed E-state index contributed by atoms with van der Waals surface area (Å²) < 4.78 is 5.35. The number of rotatable bonds is 5. The van der Waals surface area contributed by atoms with Crippen LogP contribution in [0.1, 0.15) is 51.4 Å². The molecule has 0 aliphatic carbocycles. The summed E-state index contributed by atoms with van der Waals surface area (Å²) in [5.41, 5.74) is -0.718. The van der Waals surface area contributed by atoms with Gasteiger partial charge in [-0.25, -0.2) is 0 Å². The highest BCUT2D eigenvalue weighted by atomic mass is 32.1. The standard InChI is InChI=1S/C18H26N2O4S.H2S/c1-11-18(5,14(21)9-24-11)20-16(23)13(8-17(2,3)4)19-15(22)12-6-7-25-10-12;/h6-7,10-11,13H,8-9H2,1-5H3,(H,19,22)(H,20,23);1H2/t11-,13+,18-;/m1./s1. The van der Waals surface area contributed by atoms with Crippen molar-refractivity contribution < 1.29 is 19.1 Å². The minimum atomic E-state index is -1.07. The van der Waals surface area contributed by atoms with Crippen LogP contribution >= 0.6 is 24.8 Å². The maximum absolute atomic E-state index is 12.8. The van der Waals surface area contributed by atoms with E-state index < -0.39 is 17.7 Å². The molecule has 1 aromatic rings. The maximum atomic E-state index is 12.8. The molecule has 8 heteroatoms. The third kappa shape index (κ3) is 5.31. The molecule has 0 saturated carbocycles. The quantitative estimate of drug-likeness (QED) is 0.794. The third-order valence-corrected chi connectivity index (χ3v) is 5.14. The molecule has 1 fully saturated rings. The largest absolute Gasteiger partial charge is 0.368 e. The number of hydrogen-bond acceptors (Lipinski definition) is 5. The molecule has 0 radical (unpaired) electrons. The van der Waals surface area contributed by atoms with Crippen molar-refractivity contribution in [1.82, 2.24) is 10.6 Å².